The maximum absolute atomic E-state index is 13.0. The number of hydrogen-bond donors (Lipinski definition) is 2. The highest BCUT2D eigenvalue weighted by Gasteiger charge is 2.46. The molecule has 0 bridgehead atoms. The normalized spacial score (nSPS) is 21.2. The molecule has 30 heavy (non-hydrogen) atoms. The standard InChI is InChI=1S/C22H30N4O3S/c1-17(26-30(28,29)18-9-5-3-6-10-18)24-19(15-21(2)11-7-4-8-12-21)20(27)25-22(16-23)13-14-22/h3,5-6,9-10,19H,4,7-8,11-15H2,1-2H3,(H,24,26)(H,25,27)/t19-/m0/s1. The summed E-state index contributed by atoms with van der Waals surface area (Å²) in [6.45, 7) is 3.73. The Bertz CT molecular complexity index is 940. The molecule has 2 fully saturated rings. The van der Waals surface area contributed by atoms with E-state index in [-0.39, 0.29) is 22.1 Å². The van der Waals surface area contributed by atoms with Crippen molar-refractivity contribution in [1.29, 1.82) is 5.26 Å². The summed E-state index contributed by atoms with van der Waals surface area (Å²) in [5, 5.41) is 12.2. The Hall–Kier alpha value is -2.40. The third kappa shape index (κ3) is 5.60. The smallest absolute Gasteiger partial charge is 0.262 e. The maximum atomic E-state index is 13.0. The molecule has 0 radical (unpaired) electrons. The SMILES string of the molecule is CC(=N[C@@H](CC1(C)CCCCC1)C(=O)NC1(C#N)CC1)NS(=O)(=O)c1ccccc1. The summed E-state index contributed by atoms with van der Waals surface area (Å²) in [5.41, 5.74) is -0.804. The minimum Gasteiger partial charge on any atom is -0.336 e. The van der Waals surface area contributed by atoms with Gasteiger partial charge < -0.3 is 5.32 Å². The third-order valence-electron chi connectivity index (χ3n) is 6.06. The predicted molar refractivity (Wildman–Crippen MR) is 115 cm³/mol. The van der Waals surface area contributed by atoms with E-state index in [4.69, 9.17) is 0 Å². The minimum absolute atomic E-state index is 0.0221. The van der Waals surface area contributed by atoms with E-state index in [1.54, 1.807) is 25.1 Å². The largest absolute Gasteiger partial charge is 0.336 e. The van der Waals surface area contributed by atoms with E-state index in [1.807, 2.05) is 0 Å². The zero-order valence-electron chi connectivity index (χ0n) is 17.6. The number of amides is 1. The monoisotopic (exact) mass is 430 g/mol. The van der Waals surface area contributed by atoms with Gasteiger partial charge in [-0.3, -0.25) is 14.5 Å². The Balaban J connectivity index is 1.79. The number of nitriles is 1. The third-order valence-corrected chi connectivity index (χ3v) is 7.52. The lowest BCUT2D eigenvalue weighted by Gasteiger charge is -2.35. The highest BCUT2D eigenvalue weighted by atomic mass is 32.2. The molecule has 0 unspecified atom stereocenters. The van der Waals surface area contributed by atoms with Crippen molar-refractivity contribution in [3.63, 3.8) is 0 Å². The van der Waals surface area contributed by atoms with Crippen LogP contribution in [0, 0.1) is 16.7 Å². The van der Waals surface area contributed by atoms with Crippen molar-refractivity contribution in [2.45, 2.75) is 81.7 Å². The van der Waals surface area contributed by atoms with E-state index < -0.39 is 21.6 Å². The number of amidine groups is 1. The van der Waals surface area contributed by atoms with Gasteiger partial charge in [0, 0.05) is 0 Å². The number of nitrogens with one attached hydrogen (secondary N) is 2. The van der Waals surface area contributed by atoms with Crippen LogP contribution in [0.1, 0.15) is 65.2 Å². The molecular formula is C22H30N4O3S. The molecule has 7 nitrogen and oxygen atoms in total. The molecule has 1 aromatic carbocycles. The summed E-state index contributed by atoms with van der Waals surface area (Å²) in [6, 6.07) is 9.49. The van der Waals surface area contributed by atoms with Crippen LogP contribution >= 0.6 is 0 Å². The first-order valence-electron chi connectivity index (χ1n) is 10.5. The van der Waals surface area contributed by atoms with E-state index in [0.29, 0.717) is 19.3 Å². The fraction of sp³-hybridized carbons (Fsp3) is 0.591. The van der Waals surface area contributed by atoms with Gasteiger partial charge in [-0.15, -0.1) is 0 Å². The Kier molecular flexibility index (Phi) is 6.51. The van der Waals surface area contributed by atoms with Gasteiger partial charge in [-0.05, 0) is 56.6 Å². The van der Waals surface area contributed by atoms with E-state index in [1.165, 1.54) is 18.6 Å². The Labute approximate surface area is 179 Å². The van der Waals surface area contributed by atoms with Crippen LogP contribution in [0.2, 0.25) is 0 Å². The molecule has 2 N–H and O–H groups in total. The zero-order valence-corrected chi connectivity index (χ0v) is 18.5. The lowest BCUT2D eigenvalue weighted by molar-refractivity contribution is -0.123. The van der Waals surface area contributed by atoms with Gasteiger partial charge in [-0.2, -0.15) is 5.26 Å². The Morgan fingerprint density at radius 3 is 2.37 bits per heavy atom. The number of carbonyl (C=O) groups excluding carboxylic acids is 1. The Morgan fingerprint density at radius 1 is 1.17 bits per heavy atom. The number of nitrogens with zero attached hydrogens (tertiary/aromatic N) is 2. The topological polar surface area (TPSA) is 111 Å². The van der Waals surface area contributed by atoms with E-state index in [9.17, 15) is 18.5 Å². The average molecular weight is 431 g/mol. The molecule has 2 aliphatic rings. The van der Waals surface area contributed by atoms with Crippen LogP contribution in [-0.4, -0.2) is 31.7 Å². The van der Waals surface area contributed by atoms with Crippen molar-refractivity contribution in [3.8, 4) is 6.07 Å². The molecule has 8 heteroatoms. The molecule has 1 amide bonds. The molecule has 1 atom stereocenters. The number of hydrogen-bond acceptors (Lipinski definition) is 5. The quantitative estimate of drug-likeness (QED) is 0.511. The van der Waals surface area contributed by atoms with Crippen molar-refractivity contribution in [1.82, 2.24) is 10.0 Å². The van der Waals surface area contributed by atoms with Crippen LogP contribution < -0.4 is 10.0 Å². The molecule has 1 aromatic rings. The number of carbonyl (C=O) groups is 1. The van der Waals surface area contributed by atoms with Crippen LogP contribution in [0.4, 0.5) is 0 Å². The lowest BCUT2D eigenvalue weighted by Crippen LogP contribution is -2.44. The number of rotatable bonds is 7. The van der Waals surface area contributed by atoms with E-state index in [0.717, 1.165) is 25.7 Å². The zero-order chi connectivity index (χ0) is 21.8. The van der Waals surface area contributed by atoms with Crippen molar-refractivity contribution >= 4 is 21.8 Å². The average Bonchev–Trinajstić information content (AvgIpc) is 3.48. The van der Waals surface area contributed by atoms with E-state index in [2.05, 4.69) is 28.0 Å². The van der Waals surface area contributed by atoms with Gasteiger partial charge in [0.2, 0.25) is 5.91 Å². The van der Waals surface area contributed by atoms with Gasteiger partial charge in [-0.25, -0.2) is 8.42 Å². The molecule has 0 aromatic heterocycles. The van der Waals surface area contributed by atoms with Crippen LogP contribution in [0.3, 0.4) is 0 Å². The molecular weight excluding hydrogens is 400 g/mol. The maximum Gasteiger partial charge on any atom is 0.262 e. The summed E-state index contributed by atoms with van der Waals surface area (Å²) in [6.07, 6.45) is 7.29. The van der Waals surface area contributed by atoms with Gasteiger partial charge in [-0.1, -0.05) is 44.4 Å². The second-order valence-corrected chi connectivity index (χ2v) is 10.6. The Morgan fingerprint density at radius 2 is 1.80 bits per heavy atom. The molecule has 3 rings (SSSR count). The predicted octanol–water partition coefficient (Wildman–Crippen LogP) is 3.28. The van der Waals surface area contributed by atoms with Crippen LogP contribution in [0.15, 0.2) is 40.2 Å². The van der Waals surface area contributed by atoms with Gasteiger partial charge in [0.25, 0.3) is 10.0 Å². The van der Waals surface area contributed by atoms with Crippen molar-refractivity contribution in [2.24, 2.45) is 10.4 Å². The lowest BCUT2D eigenvalue weighted by atomic mass is 9.72. The molecule has 0 aliphatic heterocycles. The first kappa shape index (κ1) is 22.3. The number of benzene rings is 1. The number of aliphatic imine (C=N–C) groups is 1. The van der Waals surface area contributed by atoms with Crippen LogP contribution in [-0.2, 0) is 14.8 Å². The molecule has 0 spiro atoms. The summed E-state index contributed by atoms with van der Waals surface area (Å²) in [7, 11) is -3.77. The van der Waals surface area contributed by atoms with Crippen molar-refractivity contribution < 1.29 is 13.2 Å². The fourth-order valence-electron chi connectivity index (χ4n) is 4.10. The van der Waals surface area contributed by atoms with Gasteiger partial charge >= 0.3 is 0 Å². The fourth-order valence-corrected chi connectivity index (χ4v) is 5.17. The first-order valence-corrected chi connectivity index (χ1v) is 12.0. The van der Waals surface area contributed by atoms with Gasteiger partial charge in [0.15, 0.2) is 0 Å². The summed E-state index contributed by atoms with van der Waals surface area (Å²) >= 11 is 0. The van der Waals surface area contributed by atoms with Gasteiger partial charge in [0.1, 0.15) is 17.4 Å². The highest BCUT2D eigenvalue weighted by molar-refractivity contribution is 7.90. The summed E-state index contributed by atoms with van der Waals surface area (Å²) in [4.78, 5) is 17.6. The summed E-state index contributed by atoms with van der Waals surface area (Å²) in [5.74, 6) is -0.140. The van der Waals surface area contributed by atoms with E-state index >= 15 is 0 Å². The van der Waals surface area contributed by atoms with Crippen LogP contribution in [0.25, 0.3) is 0 Å². The second-order valence-electron chi connectivity index (χ2n) is 8.91. The molecule has 2 saturated carbocycles. The molecule has 162 valence electrons. The highest BCUT2D eigenvalue weighted by Crippen LogP contribution is 2.41. The van der Waals surface area contributed by atoms with Crippen molar-refractivity contribution in [2.75, 3.05) is 0 Å². The van der Waals surface area contributed by atoms with Crippen molar-refractivity contribution in [3.05, 3.63) is 30.3 Å². The molecule has 0 heterocycles. The van der Waals surface area contributed by atoms with Gasteiger partial charge in [0.05, 0.1) is 11.0 Å². The first-order chi connectivity index (χ1) is 14.2. The molecule has 2 aliphatic carbocycles. The molecule has 0 saturated heterocycles. The second kappa shape index (κ2) is 8.76. The minimum atomic E-state index is -3.77. The number of sulfonamides is 1. The summed E-state index contributed by atoms with van der Waals surface area (Å²) < 4.78 is 27.7. The van der Waals surface area contributed by atoms with Crippen LogP contribution in [0.5, 0.6) is 0 Å².